The van der Waals surface area contributed by atoms with Crippen LogP contribution in [0.1, 0.15) is 20.7 Å². The van der Waals surface area contributed by atoms with Crippen LogP contribution in [0, 0.1) is 0 Å². The number of fused-ring (bicyclic) bond motifs is 1. The van der Waals surface area contributed by atoms with E-state index in [0.29, 0.717) is 16.9 Å². The molecule has 0 aromatic heterocycles. The highest BCUT2D eigenvalue weighted by molar-refractivity contribution is 6.21. The lowest BCUT2D eigenvalue weighted by atomic mass is 10.1. The number of carbonyl (C=O) groups excluding carboxylic acids is 2. The number of para-hydroxylation sites is 2. The fourth-order valence-electron chi connectivity index (χ4n) is 2.34. The van der Waals surface area contributed by atoms with Gasteiger partial charge in [0.25, 0.3) is 11.8 Å². The van der Waals surface area contributed by atoms with Gasteiger partial charge in [0.15, 0.2) is 0 Å². The number of carbonyl (C=O) groups is 2. The number of nitrogens with one attached hydrogen (secondary N) is 1. The third kappa shape index (κ3) is 2.23. The Bertz CT molecular complexity index is 677. The number of hydrogen-bond acceptors (Lipinski definition) is 4. The van der Waals surface area contributed by atoms with E-state index in [9.17, 15) is 9.59 Å². The fourth-order valence-corrected chi connectivity index (χ4v) is 2.34. The van der Waals surface area contributed by atoms with Crippen molar-refractivity contribution in [3.63, 3.8) is 0 Å². The van der Waals surface area contributed by atoms with E-state index in [4.69, 9.17) is 4.74 Å². The van der Waals surface area contributed by atoms with Crippen LogP contribution in [0.5, 0.6) is 5.75 Å². The molecule has 5 nitrogen and oxygen atoms in total. The first kappa shape index (κ1) is 13.2. The van der Waals surface area contributed by atoms with Crippen LogP contribution in [-0.4, -0.2) is 30.5 Å². The maximum absolute atomic E-state index is 12.2. The summed E-state index contributed by atoms with van der Waals surface area (Å²) in [5.41, 5.74) is 1.63. The lowest BCUT2D eigenvalue weighted by Crippen LogP contribution is -2.34. The van der Waals surface area contributed by atoms with Crippen molar-refractivity contribution < 1.29 is 14.3 Å². The number of rotatable bonds is 4. The van der Waals surface area contributed by atoms with Crippen molar-refractivity contribution in [2.45, 2.75) is 0 Å². The molecule has 1 aliphatic rings. The predicted octanol–water partition coefficient (Wildman–Crippen LogP) is 2.36. The van der Waals surface area contributed by atoms with Crippen LogP contribution >= 0.6 is 0 Å². The Morgan fingerprint density at radius 3 is 2.14 bits per heavy atom. The highest BCUT2D eigenvalue weighted by Crippen LogP contribution is 2.25. The summed E-state index contributed by atoms with van der Waals surface area (Å²) in [6, 6.07) is 14.2. The van der Waals surface area contributed by atoms with Crippen molar-refractivity contribution in [1.29, 1.82) is 0 Å². The first-order valence-electron chi connectivity index (χ1n) is 6.54. The molecular formula is C16H14N2O3. The molecule has 0 unspecified atom stereocenters. The van der Waals surface area contributed by atoms with Crippen molar-refractivity contribution in [3.05, 3.63) is 59.7 Å². The van der Waals surface area contributed by atoms with Crippen molar-refractivity contribution in [2.24, 2.45) is 0 Å². The number of nitrogens with zero attached hydrogens (tertiary/aromatic N) is 1. The van der Waals surface area contributed by atoms with E-state index in [0.717, 1.165) is 5.69 Å². The van der Waals surface area contributed by atoms with Crippen LogP contribution in [0.3, 0.4) is 0 Å². The topological polar surface area (TPSA) is 58.6 Å². The zero-order chi connectivity index (χ0) is 14.8. The van der Waals surface area contributed by atoms with Crippen molar-refractivity contribution in [3.8, 4) is 5.75 Å². The summed E-state index contributed by atoms with van der Waals surface area (Å²) in [6.45, 7) is 0.104. The van der Waals surface area contributed by atoms with Crippen molar-refractivity contribution >= 4 is 17.5 Å². The maximum atomic E-state index is 12.2. The molecule has 0 bridgehead atoms. The minimum absolute atomic E-state index is 0.104. The molecule has 2 amide bonds. The van der Waals surface area contributed by atoms with Gasteiger partial charge >= 0.3 is 0 Å². The lowest BCUT2D eigenvalue weighted by Gasteiger charge is -2.17. The normalized spacial score (nSPS) is 13.3. The average molecular weight is 282 g/mol. The van der Waals surface area contributed by atoms with Gasteiger partial charge in [-0.05, 0) is 24.3 Å². The Morgan fingerprint density at radius 1 is 0.952 bits per heavy atom. The Balaban J connectivity index is 1.78. The molecule has 2 aromatic rings. The van der Waals surface area contributed by atoms with Gasteiger partial charge in [-0.25, -0.2) is 0 Å². The Kier molecular flexibility index (Phi) is 3.31. The molecule has 2 aromatic carbocycles. The van der Waals surface area contributed by atoms with Crippen molar-refractivity contribution in [2.75, 3.05) is 19.1 Å². The van der Waals surface area contributed by atoms with Gasteiger partial charge in [0.05, 0.1) is 30.6 Å². The van der Waals surface area contributed by atoms with E-state index in [1.807, 2.05) is 24.3 Å². The number of methoxy groups -OCH3 is 1. The third-order valence-electron chi connectivity index (χ3n) is 3.41. The van der Waals surface area contributed by atoms with E-state index in [2.05, 4.69) is 5.32 Å². The quantitative estimate of drug-likeness (QED) is 0.875. The van der Waals surface area contributed by atoms with Gasteiger partial charge in [-0.1, -0.05) is 24.3 Å². The van der Waals surface area contributed by atoms with Crippen molar-refractivity contribution in [1.82, 2.24) is 4.90 Å². The first-order chi connectivity index (χ1) is 10.2. The smallest absolute Gasteiger partial charge is 0.263 e. The SMILES string of the molecule is COc1ccccc1NCN1C(=O)c2ccccc2C1=O. The monoisotopic (exact) mass is 282 g/mol. The van der Waals surface area contributed by atoms with Gasteiger partial charge in [-0.15, -0.1) is 0 Å². The first-order valence-corrected chi connectivity index (χ1v) is 6.54. The molecule has 0 saturated carbocycles. The molecule has 1 aliphatic heterocycles. The number of imide groups is 1. The number of ether oxygens (including phenoxy) is 1. The molecule has 0 radical (unpaired) electrons. The van der Waals surface area contributed by atoms with Crippen LogP contribution in [0.2, 0.25) is 0 Å². The summed E-state index contributed by atoms with van der Waals surface area (Å²) in [4.78, 5) is 25.6. The summed E-state index contributed by atoms with van der Waals surface area (Å²) in [5, 5.41) is 3.06. The molecule has 1 N–H and O–H groups in total. The lowest BCUT2D eigenvalue weighted by molar-refractivity contribution is 0.0665. The zero-order valence-electron chi connectivity index (χ0n) is 11.5. The van der Waals surface area contributed by atoms with E-state index in [1.165, 1.54) is 4.90 Å². The summed E-state index contributed by atoms with van der Waals surface area (Å²) >= 11 is 0. The number of anilines is 1. The molecule has 106 valence electrons. The van der Waals surface area contributed by atoms with Gasteiger partial charge in [0.1, 0.15) is 5.75 Å². The van der Waals surface area contributed by atoms with Gasteiger partial charge in [-0.2, -0.15) is 0 Å². The Morgan fingerprint density at radius 2 is 1.52 bits per heavy atom. The molecule has 0 fully saturated rings. The zero-order valence-corrected chi connectivity index (χ0v) is 11.5. The van der Waals surface area contributed by atoms with Crippen LogP contribution in [-0.2, 0) is 0 Å². The minimum atomic E-state index is -0.280. The van der Waals surface area contributed by atoms with E-state index >= 15 is 0 Å². The van der Waals surface area contributed by atoms with E-state index in [1.54, 1.807) is 31.4 Å². The summed E-state index contributed by atoms with van der Waals surface area (Å²) in [6.07, 6.45) is 0. The molecule has 0 atom stereocenters. The second-order valence-corrected chi connectivity index (χ2v) is 4.62. The van der Waals surface area contributed by atoms with Gasteiger partial charge in [-0.3, -0.25) is 14.5 Å². The van der Waals surface area contributed by atoms with Gasteiger partial charge in [0.2, 0.25) is 0 Å². The number of hydrogen-bond donors (Lipinski definition) is 1. The van der Waals surface area contributed by atoms with Gasteiger partial charge in [0, 0.05) is 0 Å². The largest absolute Gasteiger partial charge is 0.495 e. The second-order valence-electron chi connectivity index (χ2n) is 4.62. The molecule has 1 heterocycles. The second kappa shape index (κ2) is 5.28. The molecular weight excluding hydrogens is 268 g/mol. The standard InChI is InChI=1S/C16H14N2O3/c1-21-14-9-5-4-8-13(14)17-10-18-15(19)11-6-2-3-7-12(11)16(18)20/h2-9,17H,10H2,1H3. The molecule has 5 heteroatoms. The summed E-state index contributed by atoms with van der Waals surface area (Å²) in [7, 11) is 1.57. The Hall–Kier alpha value is -2.82. The highest BCUT2D eigenvalue weighted by Gasteiger charge is 2.34. The van der Waals surface area contributed by atoms with Crippen LogP contribution in [0.15, 0.2) is 48.5 Å². The molecule has 0 aliphatic carbocycles. The number of benzene rings is 2. The maximum Gasteiger partial charge on any atom is 0.263 e. The molecule has 3 rings (SSSR count). The number of amides is 2. The predicted molar refractivity (Wildman–Crippen MR) is 78.4 cm³/mol. The minimum Gasteiger partial charge on any atom is -0.495 e. The van der Waals surface area contributed by atoms with Crippen LogP contribution < -0.4 is 10.1 Å². The fraction of sp³-hybridized carbons (Fsp3) is 0.125. The van der Waals surface area contributed by atoms with Gasteiger partial charge < -0.3 is 10.1 Å². The highest BCUT2D eigenvalue weighted by atomic mass is 16.5. The average Bonchev–Trinajstić information content (AvgIpc) is 2.78. The molecule has 21 heavy (non-hydrogen) atoms. The third-order valence-corrected chi connectivity index (χ3v) is 3.41. The summed E-state index contributed by atoms with van der Waals surface area (Å²) in [5.74, 6) is 0.102. The molecule has 0 spiro atoms. The molecule has 0 saturated heterocycles. The Labute approximate surface area is 122 Å². The van der Waals surface area contributed by atoms with Crippen LogP contribution in [0.25, 0.3) is 0 Å². The van der Waals surface area contributed by atoms with E-state index in [-0.39, 0.29) is 18.5 Å². The van der Waals surface area contributed by atoms with E-state index < -0.39 is 0 Å². The van der Waals surface area contributed by atoms with Crippen LogP contribution in [0.4, 0.5) is 5.69 Å². The summed E-state index contributed by atoms with van der Waals surface area (Å²) < 4.78 is 5.23.